The van der Waals surface area contributed by atoms with Crippen LogP contribution in [-0.2, 0) is 22.6 Å². The number of hydrogen-bond donors (Lipinski definition) is 3. The summed E-state index contributed by atoms with van der Waals surface area (Å²) in [6, 6.07) is 32.4. The second-order valence-corrected chi connectivity index (χ2v) is 14.7. The fraction of sp³-hybridized carbons (Fsp3) is 0.356. The van der Waals surface area contributed by atoms with E-state index >= 15 is 0 Å². The first-order valence-corrected chi connectivity index (χ1v) is 19.5. The quantitative estimate of drug-likeness (QED) is 0.0768. The van der Waals surface area contributed by atoms with Gasteiger partial charge >= 0.3 is 0 Å². The van der Waals surface area contributed by atoms with Crippen LogP contribution in [0.1, 0.15) is 77.2 Å². The molecule has 3 aliphatic heterocycles. The molecule has 280 valence electrons. The third-order valence-electron chi connectivity index (χ3n) is 11.1. The second-order valence-electron chi connectivity index (χ2n) is 14.7. The normalized spacial score (nSPS) is 18.4. The van der Waals surface area contributed by atoms with Crippen LogP contribution in [-0.4, -0.2) is 89.4 Å². The van der Waals surface area contributed by atoms with Crippen LogP contribution in [0.25, 0.3) is 11.1 Å². The Hall–Kier alpha value is -5.25. The van der Waals surface area contributed by atoms with Crippen molar-refractivity contribution in [1.82, 2.24) is 20.0 Å². The molecular weight excluding hydrogens is 675 g/mol. The summed E-state index contributed by atoms with van der Waals surface area (Å²) in [6.45, 7) is 9.94. The van der Waals surface area contributed by atoms with Crippen molar-refractivity contribution in [2.45, 2.75) is 58.0 Å². The molecule has 0 radical (unpaired) electrons. The fourth-order valence-electron chi connectivity index (χ4n) is 8.11. The number of hydrogen-bond acceptors (Lipinski definition) is 7. The van der Waals surface area contributed by atoms with Gasteiger partial charge in [-0.2, -0.15) is 0 Å². The summed E-state index contributed by atoms with van der Waals surface area (Å²) in [5.41, 5.74) is 9.93. The molecule has 4 aromatic carbocycles. The van der Waals surface area contributed by atoms with Crippen LogP contribution in [0, 0.1) is 0 Å². The topological polar surface area (TPSA) is 105 Å². The highest BCUT2D eigenvalue weighted by molar-refractivity contribution is 6.05. The highest BCUT2D eigenvalue weighted by Gasteiger charge is 2.39. The van der Waals surface area contributed by atoms with Crippen LogP contribution in [0.5, 0.6) is 5.75 Å². The molecule has 3 heterocycles. The number of aromatic hydroxyl groups is 1. The van der Waals surface area contributed by atoms with Gasteiger partial charge in [-0.1, -0.05) is 73.7 Å². The van der Waals surface area contributed by atoms with E-state index in [4.69, 9.17) is 0 Å². The molecule has 3 N–H and O–H groups in total. The molecule has 54 heavy (non-hydrogen) atoms. The minimum atomic E-state index is -0.590. The average molecular weight is 726 g/mol. The SMILES string of the molecule is CC/C(=C(\c1ccc(O)cc1)c1ccc(CCCN2CCN(CCCNc3ccc4c(c3)CN(C3CCC(=O)NC3=O)C4=O)CC2)cc1)c1ccccc1. The van der Waals surface area contributed by atoms with E-state index in [0.29, 0.717) is 18.5 Å². The molecule has 3 amide bonds. The van der Waals surface area contributed by atoms with Crippen molar-refractivity contribution in [2.75, 3.05) is 51.1 Å². The van der Waals surface area contributed by atoms with Crippen molar-refractivity contribution in [3.8, 4) is 5.75 Å². The van der Waals surface area contributed by atoms with Gasteiger partial charge in [0.15, 0.2) is 0 Å². The van der Waals surface area contributed by atoms with E-state index in [1.165, 1.54) is 27.8 Å². The number of carbonyl (C=O) groups excluding carboxylic acids is 3. The number of carbonyl (C=O) groups is 3. The second kappa shape index (κ2) is 17.3. The van der Waals surface area contributed by atoms with Gasteiger partial charge in [-0.25, -0.2) is 0 Å². The first kappa shape index (κ1) is 37.1. The number of amides is 3. The van der Waals surface area contributed by atoms with Gasteiger partial charge in [-0.15, -0.1) is 0 Å². The van der Waals surface area contributed by atoms with Crippen LogP contribution < -0.4 is 10.6 Å². The molecule has 1 atom stereocenters. The Morgan fingerprint density at radius 3 is 2.13 bits per heavy atom. The Kier molecular flexibility index (Phi) is 11.9. The van der Waals surface area contributed by atoms with Crippen molar-refractivity contribution >= 4 is 34.6 Å². The molecule has 9 nitrogen and oxygen atoms in total. The number of phenols is 1. The van der Waals surface area contributed by atoms with E-state index < -0.39 is 6.04 Å². The first-order valence-electron chi connectivity index (χ1n) is 19.5. The molecule has 7 rings (SSSR count). The number of anilines is 1. The monoisotopic (exact) mass is 725 g/mol. The molecule has 3 aliphatic rings. The Morgan fingerprint density at radius 2 is 1.46 bits per heavy atom. The lowest BCUT2D eigenvalue weighted by atomic mass is 9.87. The number of aryl methyl sites for hydroxylation is 1. The van der Waals surface area contributed by atoms with Crippen LogP contribution in [0.15, 0.2) is 97.1 Å². The molecule has 0 aliphatic carbocycles. The van der Waals surface area contributed by atoms with Crippen molar-refractivity contribution < 1.29 is 19.5 Å². The number of nitrogens with one attached hydrogen (secondary N) is 2. The molecule has 9 heteroatoms. The van der Waals surface area contributed by atoms with E-state index in [2.05, 4.69) is 82.0 Å². The lowest BCUT2D eigenvalue weighted by Crippen LogP contribution is -2.52. The van der Waals surface area contributed by atoms with Crippen molar-refractivity contribution in [3.63, 3.8) is 0 Å². The number of piperazine rings is 1. The van der Waals surface area contributed by atoms with Gasteiger partial charge in [0.25, 0.3) is 5.91 Å². The van der Waals surface area contributed by atoms with E-state index in [9.17, 15) is 19.5 Å². The number of benzene rings is 4. The molecule has 0 spiro atoms. The standard InChI is InChI=1S/C45H51N5O4/c1-2-39(33-9-4-3-5-10-33)43(35-15-18-38(51)19-16-35)34-13-11-32(12-14-34)8-6-24-48-26-28-49(29-27-48)25-7-23-46-37-17-20-40-36(30-37)31-50(45(40)54)41-21-22-42(52)47-44(41)53/h3-5,9-20,30,41,46,51H,2,6-8,21-29,31H2,1H3,(H,47,52,53)/b43-39+. The van der Waals surface area contributed by atoms with Gasteiger partial charge in [0.05, 0.1) is 0 Å². The summed E-state index contributed by atoms with van der Waals surface area (Å²) in [5.74, 6) is -0.520. The lowest BCUT2D eigenvalue weighted by Gasteiger charge is -2.34. The fourth-order valence-corrected chi connectivity index (χ4v) is 8.11. The summed E-state index contributed by atoms with van der Waals surface area (Å²) in [5, 5.41) is 15.8. The highest BCUT2D eigenvalue weighted by Crippen LogP contribution is 2.35. The van der Waals surface area contributed by atoms with Crippen LogP contribution in [0.2, 0.25) is 0 Å². The highest BCUT2D eigenvalue weighted by atomic mass is 16.3. The van der Waals surface area contributed by atoms with Crippen molar-refractivity contribution in [1.29, 1.82) is 0 Å². The first-order chi connectivity index (χ1) is 26.4. The maximum atomic E-state index is 13.0. The van der Waals surface area contributed by atoms with Gasteiger partial charge in [0.1, 0.15) is 11.8 Å². The summed E-state index contributed by atoms with van der Waals surface area (Å²) >= 11 is 0. The third kappa shape index (κ3) is 8.75. The van der Waals surface area contributed by atoms with Crippen molar-refractivity contribution in [2.24, 2.45) is 0 Å². The molecule has 0 bridgehead atoms. The zero-order valence-electron chi connectivity index (χ0n) is 31.2. The van der Waals surface area contributed by atoms with Gasteiger partial charge < -0.3 is 25.1 Å². The minimum Gasteiger partial charge on any atom is -0.508 e. The van der Waals surface area contributed by atoms with Gasteiger partial charge in [-0.3, -0.25) is 19.7 Å². The summed E-state index contributed by atoms with van der Waals surface area (Å²) in [7, 11) is 0. The molecule has 4 aromatic rings. The summed E-state index contributed by atoms with van der Waals surface area (Å²) in [4.78, 5) is 43.6. The molecule has 2 saturated heterocycles. The van der Waals surface area contributed by atoms with Crippen LogP contribution in [0.3, 0.4) is 0 Å². The number of imide groups is 1. The summed E-state index contributed by atoms with van der Waals surface area (Å²) in [6.07, 6.45) is 4.75. The number of phenolic OH excluding ortho intramolecular Hbond substituents is 1. The van der Waals surface area contributed by atoms with Gasteiger partial charge in [-0.05, 0) is 114 Å². The number of nitrogens with zero attached hydrogens (tertiary/aromatic N) is 3. The maximum absolute atomic E-state index is 13.0. The number of piperidine rings is 1. The third-order valence-corrected chi connectivity index (χ3v) is 11.1. The van der Waals surface area contributed by atoms with Crippen LogP contribution >= 0.6 is 0 Å². The van der Waals surface area contributed by atoms with Crippen molar-refractivity contribution in [3.05, 3.63) is 130 Å². The van der Waals surface area contributed by atoms with Gasteiger partial charge in [0.2, 0.25) is 11.8 Å². The predicted octanol–water partition coefficient (Wildman–Crippen LogP) is 6.57. The van der Waals surface area contributed by atoms with E-state index in [1.807, 2.05) is 30.3 Å². The largest absolute Gasteiger partial charge is 0.508 e. The van der Waals surface area contributed by atoms with Crippen LogP contribution in [0.4, 0.5) is 5.69 Å². The Morgan fingerprint density at radius 1 is 0.796 bits per heavy atom. The molecule has 1 unspecified atom stereocenters. The molecule has 2 fully saturated rings. The summed E-state index contributed by atoms with van der Waals surface area (Å²) < 4.78 is 0. The Balaban J connectivity index is 0.835. The smallest absolute Gasteiger partial charge is 0.255 e. The minimum absolute atomic E-state index is 0.140. The lowest BCUT2D eigenvalue weighted by molar-refractivity contribution is -0.136. The zero-order chi connectivity index (χ0) is 37.4. The number of allylic oxidation sites excluding steroid dienone is 1. The number of fused-ring (bicyclic) bond motifs is 1. The zero-order valence-corrected chi connectivity index (χ0v) is 31.2. The van der Waals surface area contributed by atoms with E-state index in [-0.39, 0.29) is 29.9 Å². The van der Waals surface area contributed by atoms with E-state index in [1.54, 1.807) is 17.0 Å². The molecule has 0 saturated carbocycles. The predicted molar refractivity (Wildman–Crippen MR) is 214 cm³/mol. The maximum Gasteiger partial charge on any atom is 0.255 e. The Bertz CT molecular complexity index is 1970. The van der Waals surface area contributed by atoms with E-state index in [0.717, 1.165) is 88.3 Å². The molecule has 0 aromatic heterocycles. The van der Waals surface area contributed by atoms with Gasteiger partial charge in [0, 0.05) is 56.9 Å². The molecular formula is C45H51N5O4. The Labute approximate surface area is 318 Å². The average Bonchev–Trinajstić information content (AvgIpc) is 3.52. The number of rotatable bonds is 14.